The number of benzene rings is 1. The first-order valence-electron chi connectivity index (χ1n) is 5.33. The van der Waals surface area contributed by atoms with Crippen molar-refractivity contribution in [2.45, 2.75) is 25.7 Å². The standard InChI is InChI=1S/C12H14BrFO/c13-10-5-6-12(11(14)7-10)15-8-9-3-1-2-4-9/h5-7,9H,1-4,8H2. The van der Waals surface area contributed by atoms with E-state index in [0.717, 1.165) is 4.47 Å². The van der Waals surface area contributed by atoms with Crippen LogP contribution in [0.4, 0.5) is 4.39 Å². The lowest BCUT2D eigenvalue weighted by molar-refractivity contribution is 0.242. The summed E-state index contributed by atoms with van der Waals surface area (Å²) in [6, 6.07) is 4.91. The molecule has 1 nitrogen and oxygen atoms in total. The van der Waals surface area contributed by atoms with Gasteiger partial charge in [-0.1, -0.05) is 28.8 Å². The van der Waals surface area contributed by atoms with Crippen LogP contribution in [0, 0.1) is 11.7 Å². The zero-order valence-electron chi connectivity index (χ0n) is 8.51. The summed E-state index contributed by atoms with van der Waals surface area (Å²) in [5.74, 6) is 0.695. The number of ether oxygens (including phenoxy) is 1. The molecule has 15 heavy (non-hydrogen) atoms. The Hall–Kier alpha value is -0.570. The molecular formula is C12H14BrFO. The molecule has 1 aliphatic carbocycles. The van der Waals surface area contributed by atoms with E-state index in [1.54, 1.807) is 12.1 Å². The maximum Gasteiger partial charge on any atom is 0.166 e. The summed E-state index contributed by atoms with van der Waals surface area (Å²) < 4.78 is 19.6. The van der Waals surface area contributed by atoms with Crippen molar-refractivity contribution in [1.29, 1.82) is 0 Å². The van der Waals surface area contributed by atoms with Gasteiger partial charge in [-0.25, -0.2) is 4.39 Å². The normalized spacial score (nSPS) is 16.9. The second-order valence-electron chi connectivity index (χ2n) is 4.04. The largest absolute Gasteiger partial charge is 0.490 e. The lowest BCUT2D eigenvalue weighted by Crippen LogP contribution is -2.08. The van der Waals surface area contributed by atoms with Gasteiger partial charge < -0.3 is 4.74 Å². The van der Waals surface area contributed by atoms with Crippen LogP contribution in [0.3, 0.4) is 0 Å². The van der Waals surface area contributed by atoms with Gasteiger partial charge in [0.15, 0.2) is 11.6 Å². The fourth-order valence-electron chi connectivity index (χ4n) is 1.98. The molecule has 0 unspecified atom stereocenters. The Bertz CT molecular complexity index is 334. The molecule has 0 bridgehead atoms. The van der Waals surface area contributed by atoms with E-state index in [-0.39, 0.29) is 5.82 Å². The molecule has 0 saturated heterocycles. The highest BCUT2D eigenvalue weighted by Crippen LogP contribution is 2.27. The van der Waals surface area contributed by atoms with Crippen molar-refractivity contribution in [3.8, 4) is 5.75 Å². The van der Waals surface area contributed by atoms with E-state index in [2.05, 4.69) is 15.9 Å². The highest BCUT2D eigenvalue weighted by molar-refractivity contribution is 9.10. The number of halogens is 2. The Morgan fingerprint density at radius 2 is 2.07 bits per heavy atom. The first-order valence-corrected chi connectivity index (χ1v) is 6.13. The van der Waals surface area contributed by atoms with Crippen LogP contribution < -0.4 is 4.74 Å². The molecule has 0 aliphatic heterocycles. The molecule has 0 spiro atoms. The Balaban J connectivity index is 1.92. The smallest absolute Gasteiger partial charge is 0.166 e. The van der Waals surface area contributed by atoms with Crippen LogP contribution in [0.1, 0.15) is 25.7 Å². The number of rotatable bonds is 3. The maximum absolute atomic E-state index is 13.4. The molecule has 0 amide bonds. The molecule has 1 fully saturated rings. The molecule has 2 rings (SSSR count). The third kappa shape index (κ3) is 2.94. The van der Waals surface area contributed by atoms with Crippen molar-refractivity contribution >= 4 is 15.9 Å². The minimum Gasteiger partial charge on any atom is -0.490 e. The van der Waals surface area contributed by atoms with Gasteiger partial charge in [-0.3, -0.25) is 0 Å². The van der Waals surface area contributed by atoms with Crippen LogP contribution in [0.5, 0.6) is 5.75 Å². The summed E-state index contributed by atoms with van der Waals surface area (Å²) in [6.45, 7) is 0.651. The molecule has 1 saturated carbocycles. The van der Waals surface area contributed by atoms with E-state index in [1.807, 2.05) is 0 Å². The molecule has 1 aliphatic rings. The average molecular weight is 273 g/mol. The number of hydrogen-bond donors (Lipinski definition) is 0. The Kier molecular flexibility index (Phi) is 3.62. The van der Waals surface area contributed by atoms with Crippen molar-refractivity contribution in [3.63, 3.8) is 0 Å². The minimum absolute atomic E-state index is 0.289. The highest BCUT2D eigenvalue weighted by atomic mass is 79.9. The molecule has 0 N–H and O–H groups in total. The molecule has 0 atom stereocenters. The van der Waals surface area contributed by atoms with E-state index in [9.17, 15) is 4.39 Å². The molecule has 1 aromatic rings. The monoisotopic (exact) mass is 272 g/mol. The highest BCUT2D eigenvalue weighted by Gasteiger charge is 2.16. The van der Waals surface area contributed by atoms with Gasteiger partial charge in [0.1, 0.15) is 0 Å². The van der Waals surface area contributed by atoms with E-state index in [4.69, 9.17) is 4.74 Å². The molecule has 3 heteroatoms. The van der Waals surface area contributed by atoms with Gasteiger partial charge in [-0.15, -0.1) is 0 Å². The second-order valence-corrected chi connectivity index (χ2v) is 4.95. The first kappa shape index (κ1) is 10.9. The zero-order chi connectivity index (χ0) is 10.7. The Morgan fingerprint density at radius 1 is 1.33 bits per heavy atom. The Labute approximate surface area is 97.8 Å². The fraction of sp³-hybridized carbons (Fsp3) is 0.500. The van der Waals surface area contributed by atoms with Crippen LogP contribution in [0.15, 0.2) is 22.7 Å². The van der Waals surface area contributed by atoms with E-state index in [1.165, 1.54) is 31.7 Å². The summed E-state index contributed by atoms with van der Waals surface area (Å²) >= 11 is 3.22. The summed E-state index contributed by atoms with van der Waals surface area (Å²) in [5.41, 5.74) is 0. The van der Waals surface area contributed by atoms with Crippen molar-refractivity contribution < 1.29 is 9.13 Å². The number of hydrogen-bond acceptors (Lipinski definition) is 1. The topological polar surface area (TPSA) is 9.23 Å². The Morgan fingerprint density at radius 3 is 2.73 bits per heavy atom. The molecule has 82 valence electrons. The lowest BCUT2D eigenvalue weighted by Gasteiger charge is -2.11. The predicted molar refractivity (Wildman–Crippen MR) is 61.6 cm³/mol. The van der Waals surface area contributed by atoms with Crippen molar-refractivity contribution in [2.24, 2.45) is 5.92 Å². The SMILES string of the molecule is Fc1cc(Br)ccc1OCC1CCCC1. The molecule has 0 aromatic heterocycles. The van der Waals surface area contributed by atoms with Crippen molar-refractivity contribution in [1.82, 2.24) is 0 Å². The zero-order valence-corrected chi connectivity index (χ0v) is 10.1. The summed E-state index contributed by atoms with van der Waals surface area (Å²) in [5, 5.41) is 0. The van der Waals surface area contributed by atoms with Gasteiger partial charge >= 0.3 is 0 Å². The molecule has 0 heterocycles. The minimum atomic E-state index is -0.289. The fourth-order valence-corrected chi connectivity index (χ4v) is 2.31. The predicted octanol–water partition coefficient (Wildman–Crippen LogP) is 4.16. The van der Waals surface area contributed by atoms with Gasteiger partial charge in [-0.2, -0.15) is 0 Å². The van der Waals surface area contributed by atoms with E-state index < -0.39 is 0 Å². The van der Waals surface area contributed by atoms with Crippen LogP contribution in [-0.4, -0.2) is 6.61 Å². The maximum atomic E-state index is 13.4. The third-order valence-electron chi connectivity index (χ3n) is 2.84. The van der Waals surface area contributed by atoms with Crippen LogP contribution in [0.25, 0.3) is 0 Å². The van der Waals surface area contributed by atoms with Gasteiger partial charge in [0, 0.05) is 4.47 Å². The molecule has 0 radical (unpaired) electrons. The van der Waals surface area contributed by atoms with Crippen LogP contribution in [-0.2, 0) is 0 Å². The average Bonchev–Trinajstić information content (AvgIpc) is 2.69. The lowest BCUT2D eigenvalue weighted by atomic mass is 10.1. The van der Waals surface area contributed by atoms with Gasteiger partial charge in [-0.05, 0) is 37.0 Å². The third-order valence-corrected chi connectivity index (χ3v) is 3.34. The van der Waals surface area contributed by atoms with E-state index in [0.29, 0.717) is 18.3 Å². The molecular weight excluding hydrogens is 259 g/mol. The molecule has 1 aromatic carbocycles. The summed E-state index contributed by atoms with van der Waals surface area (Å²) in [4.78, 5) is 0. The van der Waals surface area contributed by atoms with Crippen molar-refractivity contribution in [2.75, 3.05) is 6.61 Å². The summed E-state index contributed by atoms with van der Waals surface area (Å²) in [7, 11) is 0. The second kappa shape index (κ2) is 4.97. The quantitative estimate of drug-likeness (QED) is 0.803. The van der Waals surface area contributed by atoms with E-state index >= 15 is 0 Å². The van der Waals surface area contributed by atoms with Crippen LogP contribution in [0.2, 0.25) is 0 Å². The van der Waals surface area contributed by atoms with Gasteiger partial charge in [0.25, 0.3) is 0 Å². The van der Waals surface area contributed by atoms with Gasteiger partial charge in [0.05, 0.1) is 6.61 Å². The van der Waals surface area contributed by atoms with Gasteiger partial charge in [0.2, 0.25) is 0 Å². The first-order chi connectivity index (χ1) is 7.25. The summed E-state index contributed by atoms with van der Waals surface area (Å²) in [6.07, 6.45) is 5.02. The van der Waals surface area contributed by atoms with Crippen molar-refractivity contribution in [3.05, 3.63) is 28.5 Å². The van der Waals surface area contributed by atoms with Crippen LogP contribution >= 0.6 is 15.9 Å².